The number of hydrogen-bond acceptors (Lipinski definition) is 3. The van der Waals surface area contributed by atoms with Crippen LogP contribution in [0.15, 0.2) is 0 Å². The van der Waals surface area contributed by atoms with Crippen molar-refractivity contribution in [2.45, 2.75) is 45.3 Å². The quantitative estimate of drug-likeness (QED) is 0.580. The standard InChI is InChI=1S/C11H25NO2/c1-5-7-11(13-4)10(12-3)9-14-8-6-2/h10-12H,5-9H2,1-4H3. The molecule has 0 saturated carbocycles. The van der Waals surface area contributed by atoms with Crippen LogP contribution in [0, 0.1) is 0 Å². The molecule has 2 atom stereocenters. The van der Waals surface area contributed by atoms with Crippen molar-refractivity contribution in [2.24, 2.45) is 0 Å². The highest BCUT2D eigenvalue weighted by molar-refractivity contribution is 4.74. The van der Waals surface area contributed by atoms with Gasteiger partial charge in [-0.25, -0.2) is 0 Å². The van der Waals surface area contributed by atoms with Gasteiger partial charge in [0, 0.05) is 13.7 Å². The molecular formula is C11H25NO2. The first kappa shape index (κ1) is 13.9. The fraction of sp³-hybridized carbons (Fsp3) is 1.00. The Morgan fingerprint density at radius 2 is 1.93 bits per heavy atom. The van der Waals surface area contributed by atoms with Gasteiger partial charge in [0.25, 0.3) is 0 Å². The van der Waals surface area contributed by atoms with Crippen LogP contribution in [0.1, 0.15) is 33.1 Å². The molecule has 86 valence electrons. The minimum Gasteiger partial charge on any atom is -0.380 e. The predicted molar refractivity (Wildman–Crippen MR) is 59.7 cm³/mol. The summed E-state index contributed by atoms with van der Waals surface area (Å²) in [5.41, 5.74) is 0. The second kappa shape index (κ2) is 9.44. The maximum atomic E-state index is 5.52. The molecule has 0 heterocycles. The van der Waals surface area contributed by atoms with Crippen LogP contribution >= 0.6 is 0 Å². The fourth-order valence-corrected chi connectivity index (χ4v) is 1.50. The van der Waals surface area contributed by atoms with Crippen LogP contribution in [-0.2, 0) is 9.47 Å². The van der Waals surface area contributed by atoms with Crippen LogP contribution in [0.5, 0.6) is 0 Å². The topological polar surface area (TPSA) is 30.5 Å². The molecule has 0 aliphatic heterocycles. The van der Waals surface area contributed by atoms with Gasteiger partial charge < -0.3 is 14.8 Å². The average molecular weight is 203 g/mol. The van der Waals surface area contributed by atoms with Gasteiger partial charge in [0.2, 0.25) is 0 Å². The minimum absolute atomic E-state index is 0.266. The summed E-state index contributed by atoms with van der Waals surface area (Å²) in [6, 6.07) is 0.312. The lowest BCUT2D eigenvalue weighted by atomic mass is 10.1. The Hall–Kier alpha value is -0.120. The molecule has 0 fully saturated rings. The Kier molecular flexibility index (Phi) is 9.35. The van der Waals surface area contributed by atoms with E-state index in [0.29, 0.717) is 6.04 Å². The monoisotopic (exact) mass is 203 g/mol. The van der Waals surface area contributed by atoms with Gasteiger partial charge in [0.15, 0.2) is 0 Å². The van der Waals surface area contributed by atoms with Gasteiger partial charge in [0.05, 0.1) is 18.8 Å². The Labute approximate surface area is 88.2 Å². The summed E-state index contributed by atoms with van der Waals surface area (Å²) in [5, 5.41) is 3.25. The van der Waals surface area contributed by atoms with E-state index in [1.165, 1.54) is 0 Å². The van der Waals surface area contributed by atoms with Crippen LogP contribution in [0.25, 0.3) is 0 Å². The molecule has 0 bridgehead atoms. The number of rotatable bonds is 9. The molecular weight excluding hydrogens is 178 g/mol. The molecule has 0 aromatic rings. The van der Waals surface area contributed by atoms with Gasteiger partial charge >= 0.3 is 0 Å². The molecule has 0 spiro atoms. The van der Waals surface area contributed by atoms with E-state index >= 15 is 0 Å². The zero-order valence-electron chi connectivity index (χ0n) is 10.0. The van der Waals surface area contributed by atoms with Crippen molar-refractivity contribution in [3.05, 3.63) is 0 Å². The third-order valence-electron chi connectivity index (χ3n) is 2.34. The second-order valence-corrected chi connectivity index (χ2v) is 3.53. The van der Waals surface area contributed by atoms with E-state index < -0.39 is 0 Å². The van der Waals surface area contributed by atoms with E-state index in [1.807, 2.05) is 7.05 Å². The summed E-state index contributed by atoms with van der Waals surface area (Å²) in [4.78, 5) is 0. The molecule has 0 rings (SSSR count). The SMILES string of the molecule is CCCOCC(NC)C(CCC)OC. The molecule has 3 nitrogen and oxygen atoms in total. The van der Waals surface area contributed by atoms with Crippen molar-refractivity contribution in [3.63, 3.8) is 0 Å². The third kappa shape index (κ3) is 5.58. The molecule has 0 saturated heterocycles. The van der Waals surface area contributed by atoms with Crippen LogP contribution in [-0.4, -0.2) is 39.5 Å². The highest BCUT2D eigenvalue weighted by Gasteiger charge is 2.18. The molecule has 0 aliphatic carbocycles. The van der Waals surface area contributed by atoms with Crippen molar-refractivity contribution >= 4 is 0 Å². The van der Waals surface area contributed by atoms with Crippen molar-refractivity contribution in [1.29, 1.82) is 0 Å². The van der Waals surface area contributed by atoms with Crippen molar-refractivity contribution in [2.75, 3.05) is 27.4 Å². The molecule has 0 aromatic carbocycles. The van der Waals surface area contributed by atoms with E-state index in [0.717, 1.165) is 32.5 Å². The molecule has 0 amide bonds. The summed E-state index contributed by atoms with van der Waals surface area (Å²) in [7, 11) is 3.73. The van der Waals surface area contributed by atoms with E-state index in [4.69, 9.17) is 9.47 Å². The zero-order chi connectivity index (χ0) is 10.8. The fourth-order valence-electron chi connectivity index (χ4n) is 1.50. The molecule has 0 aliphatic rings. The van der Waals surface area contributed by atoms with Crippen molar-refractivity contribution < 1.29 is 9.47 Å². The van der Waals surface area contributed by atoms with E-state index in [-0.39, 0.29) is 6.10 Å². The Balaban J connectivity index is 3.81. The van der Waals surface area contributed by atoms with Gasteiger partial charge in [0.1, 0.15) is 0 Å². The normalized spacial score (nSPS) is 15.4. The van der Waals surface area contributed by atoms with E-state index in [1.54, 1.807) is 7.11 Å². The Morgan fingerprint density at radius 3 is 2.36 bits per heavy atom. The molecule has 2 unspecified atom stereocenters. The summed E-state index contributed by atoms with van der Waals surface area (Å²) in [6.45, 7) is 5.86. The van der Waals surface area contributed by atoms with Crippen LogP contribution in [0.3, 0.4) is 0 Å². The number of hydrogen-bond donors (Lipinski definition) is 1. The predicted octanol–water partition coefficient (Wildman–Crippen LogP) is 1.82. The molecule has 1 N–H and O–H groups in total. The highest BCUT2D eigenvalue weighted by Crippen LogP contribution is 2.06. The number of nitrogens with one attached hydrogen (secondary N) is 1. The van der Waals surface area contributed by atoms with Crippen LogP contribution < -0.4 is 5.32 Å². The number of ether oxygens (including phenoxy) is 2. The first-order valence-electron chi connectivity index (χ1n) is 5.57. The summed E-state index contributed by atoms with van der Waals surface area (Å²) in [5.74, 6) is 0. The van der Waals surface area contributed by atoms with E-state index in [2.05, 4.69) is 19.2 Å². The smallest absolute Gasteiger partial charge is 0.0746 e. The molecule has 3 heteroatoms. The first-order valence-corrected chi connectivity index (χ1v) is 5.57. The van der Waals surface area contributed by atoms with Crippen LogP contribution in [0.2, 0.25) is 0 Å². The summed E-state index contributed by atoms with van der Waals surface area (Å²) < 4.78 is 11.0. The van der Waals surface area contributed by atoms with E-state index in [9.17, 15) is 0 Å². The molecule has 0 aromatic heterocycles. The molecule has 14 heavy (non-hydrogen) atoms. The zero-order valence-corrected chi connectivity index (χ0v) is 10.0. The van der Waals surface area contributed by atoms with Gasteiger partial charge in [-0.05, 0) is 19.9 Å². The highest BCUT2D eigenvalue weighted by atomic mass is 16.5. The minimum atomic E-state index is 0.266. The van der Waals surface area contributed by atoms with Crippen molar-refractivity contribution in [1.82, 2.24) is 5.32 Å². The number of likely N-dealkylation sites (N-methyl/N-ethyl adjacent to an activating group) is 1. The van der Waals surface area contributed by atoms with Gasteiger partial charge in [-0.1, -0.05) is 20.3 Å². The second-order valence-electron chi connectivity index (χ2n) is 3.53. The average Bonchev–Trinajstić information content (AvgIpc) is 2.22. The third-order valence-corrected chi connectivity index (χ3v) is 2.34. The summed E-state index contributed by atoms with van der Waals surface area (Å²) in [6.07, 6.45) is 3.56. The lowest BCUT2D eigenvalue weighted by Gasteiger charge is -2.25. The Morgan fingerprint density at radius 1 is 1.21 bits per heavy atom. The largest absolute Gasteiger partial charge is 0.380 e. The van der Waals surface area contributed by atoms with Crippen LogP contribution in [0.4, 0.5) is 0 Å². The lowest BCUT2D eigenvalue weighted by Crippen LogP contribution is -2.42. The van der Waals surface area contributed by atoms with Gasteiger partial charge in [-0.15, -0.1) is 0 Å². The molecule has 0 radical (unpaired) electrons. The maximum absolute atomic E-state index is 5.52. The maximum Gasteiger partial charge on any atom is 0.0746 e. The van der Waals surface area contributed by atoms with Gasteiger partial charge in [-0.2, -0.15) is 0 Å². The number of methoxy groups -OCH3 is 1. The lowest BCUT2D eigenvalue weighted by molar-refractivity contribution is 0.0191. The first-order chi connectivity index (χ1) is 6.79. The van der Waals surface area contributed by atoms with Crippen molar-refractivity contribution in [3.8, 4) is 0 Å². The summed E-state index contributed by atoms with van der Waals surface area (Å²) >= 11 is 0. The Bertz CT molecular complexity index is 120. The van der Waals surface area contributed by atoms with Gasteiger partial charge in [-0.3, -0.25) is 0 Å².